The Balaban J connectivity index is 1.67. The summed E-state index contributed by atoms with van der Waals surface area (Å²) in [6, 6.07) is 22.3. The molecule has 31 heavy (non-hydrogen) atoms. The minimum Gasteiger partial charge on any atom is -0.488 e. The van der Waals surface area contributed by atoms with Crippen molar-refractivity contribution in [3.8, 4) is 5.75 Å². The molecule has 0 saturated carbocycles. The molecule has 0 amide bonds. The minimum absolute atomic E-state index is 0.00411. The van der Waals surface area contributed by atoms with E-state index in [4.69, 9.17) is 21.5 Å². The number of nitrogens with zero attached hydrogens (tertiary/aromatic N) is 2. The number of aliphatic hydroxyl groups is 1. The molecule has 1 unspecified atom stereocenters. The number of hydrogen-bond acceptors (Lipinski definition) is 6. The fourth-order valence-corrected chi connectivity index (χ4v) is 3.90. The van der Waals surface area contributed by atoms with Crippen LogP contribution in [-0.2, 0) is 10.0 Å². The van der Waals surface area contributed by atoms with Crippen molar-refractivity contribution in [3.05, 3.63) is 89.4 Å². The van der Waals surface area contributed by atoms with Gasteiger partial charge < -0.3 is 14.7 Å². The Kier molecular flexibility index (Phi) is 5.72. The van der Waals surface area contributed by atoms with E-state index in [1.807, 2.05) is 35.2 Å². The molecule has 7 nitrogen and oxygen atoms in total. The Bertz CT molecular complexity index is 1200. The van der Waals surface area contributed by atoms with Crippen LogP contribution in [0.25, 0.3) is 0 Å². The van der Waals surface area contributed by atoms with Crippen molar-refractivity contribution < 1.29 is 18.3 Å². The van der Waals surface area contributed by atoms with Crippen LogP contribution in [0.3, 0.4) is 0 Å². The van der Waals surface area contributed by atoms with Crippen LogP contribution in [0.4, 0.5) is 5.69 Å². The molecule has 4 rings (SSSR count). The van der Waals surface area contributed by atoms with Crippen molar-refractivity contribution in [2.24, 2.45) is 10.1 Å². The lowest BCUT2D eigenvalue weighted by atomic mass is 10.1. The molecule has 0 radical (unpaired) electrons. The topological polar surface area (TPSA) is 105 Å². The van der Waals surface area contributed by atoms with Crippen LogP contribution in [0.5, 0.6) is 5.75 Å². The average molecular weight is 458 g/mol. The highest BCUT2D eigenvalue weighted by molar-refractivity contribution is 7.89. The molecule has 9 heteroatoms. The van der Waals surface area contributed by atoms with Gasteiger partial charge in [-0.1, -0.05) is 29.8 Å². The van der Waals surface area contributed by atoms with E-state index >= 15 is 0 Å². The molecule has 1 heterocycles. The number of amidine groups is 1. The molecule has 0 aromatic heterocycles. The number of para-hydroxylation sites is 1. The van der Waals surface area contributed by atoms with E-state index in [1.165, 1.54) is 12.1 Å². The van der Waals surface area contributed by atoms with Crippen LogP contribution in [0.2, 0.25) is 5.02 Å². The Hall–Kier alpha value is -2.91. The van der Waals surface area contributed by atoms with Gasteiger partial charge in [0.15, 0.2) is 0 Å². The quantitative estimate of drug-likeness (QED) is 0.592. The number of rotatable bonds is 6. The summed E-state index contributed by atoms with van der Waals surface area (Å²) in [6.45, 7) is 0.0909. The number of halogens is 1. The van der Waals surface area contributed by atoms with E-state index in [9.17, 15) is 13.5 Å². The zero-order valence-electron chi connectivity index (χ0n) is 16.3. The Morgan fingerprint density at radius 3 is 2.29 bits per heavy atom. The van der Waals surface area contributed by atoms with Crippen molar-refractivity contribution in [3.63, 3.8) is 0 Å². The summed E-state index contributed by atoms with van der Waals surface area (Å²) in [5.74, 6) is 1.09. The second-order valence-electron chi connectivity index (χ2n) is 7.15. The van der Waals surface area contributed by atoms with E-state index in [0.29, 0.717) is 22.2 Å². The third kappa shape index (κ3) is 4.88. The molecule has 160 valence electrons. The largest absolute Gasteiger partial charge is 0.488 e. The van der Waals surface area contributed by atoms with Crippen molar-refractivity contribution in [2.75, 3.05) is 18.1 Å². The summed E-state index contributed by atoms with van der Waals surface area (Å²) in [7, 11) is -3.81. The third-order valence-corrected chi connectivity index (χ3v) is 5.95. The average Bonchev–Trinajstić information content (AvgIpc) is 3.11. The number of primary sulfonamides is 1. The maximum Gasteiger partial charge on any atom is 0.238 e. The highest BCUT2D eigenvalue weighted by atomic mass is 35.5. The Morgan fingerprint density at radius 2 is 1.68 bits per heavy atom. The molecule has 1 aliphatic rings. The van der Waals surface area contributed by atoms with Crippen molar-refractivity contribution >= 4 is 33.1 Å². The van der Waals surface area contributed by atoms with Gasteiger partial charge in [-0.25, -0.2) is 18.5 Å². The van der Waals surface area contributed by atoms with Gasteiger partial charge in [-0.3, -0.25) is 0 Å². The fraction of sp³-hybridized carbons (Fsp3) is 0.136. The molecule has 0 bridgehead atoms. The van der Waals surface area contributed by atoms with Crippen molar-refractivity contribution in [1.82, 2.24) is 0 Å². The molecule has 0 aliphatic carbocycles. The predicted molar refractivity (Wildman–Crippen MR) is 120 cm³/mol. The van der Waals surface area contributed by atoms with E-state index in [-0.39, 0.29) is 18.0 Å². The number of hydrogen-bond donors (Lipinski definition) is 2. The van der Waals surface area contributed by atoms with E-state index < -0.39 is 15.7 Å². The Labute approximate surface area is 185 Å². The van der Waals surface area contributed by atoms with E-state index in [1.54, 1.807) is 36.4 Å². The number of ether oxygens (including phenoxy) is 1. The van der Waals surface area contributed by atoms with Crippen LogP contribution in [0.1, 0.15) is 5.56 Å². The summed E-state index contributed by atoms with van der Waals surface area (Å²) in [4.78, 5) is 6.36. The molecule has 0 spiro atoms. The first-order valence-electron chi connectivity index (χ1n) is 9.40. The third-order valence-electron chi connectivity index (χ3n) is 4.77. The number of sulfonamides is 1. The van der Waals surface area contributed by atoms with Crippen molar-refractivity contribution in [2.45, 2.75) is 10.6 Å². The first-order chi connectivity index (χ1) is 14.7. The van der Waals surface area contributed by atoms with Gasteiger partial charge in [0, 0.05) is 16.3 Å². The van der Waals surface area contributed by atoms with Crippen molar-refractivity contribution in [1.29, 1.82) is 0 Å². The van der Waals surface area contributed by atoms with Crippen LogP contribution < -0.4 is 14.8 Å². The standard InChI is InChI=1S/C22H20ClN3O4S/c23-17-8-10-18(11-9-17)26-14-22(27,15-30-19-4-2-1-3-5-19)25-21(26)16-6-12-20(13-7-16)31(24,28)29/h1-13,27H,14-15H2,(H2,24,28,29). The summed E-state index contributed by atoms with van der Waals surface area (Å²) >= 11 is 6.02. The number of β-amino-alcohol motifs (C(OH)–C–C–N with tert-alkyl or cyclic N) is 1. The summed E-state index contributed by atoms with van der Waals surface area (Å²) < 4.78 is 28.9. The molecular formula is C22H20ClN3O4S. The maximum absolute atomic E-state index is 11.6. The van der Waals surface area contributed by atoms with Gasteiger partial charge in [0.25, 0.3) is 0 Å². The molecule has 3 N–H and O–H groups in total. The first-order valence-corrected chi connectivity index (χ1v) is 11.3. The van der Waals surface area contributed by atoms with Gasteiger partial charge in [-0.05, 0) is 60.7 Å². The van der Waals surface area contributed by atoms with Crippen LogP contribution in [-0.4, -0.2) is 38.2 Å². The molecule has 0 saturated heterocycles. The van der Waals surface area contributed by atoms with Crippen LogP contribution in [0, 0.1) is 0 Å². The highest BCUT2D eigenvalue weighted by Crippen LogP contribution is 2.30. The van der Waals surface area contributed by atoms with Gasteiger partial charge in [0.1, 0.15) is 18.2 Å². The van der Waals surface area contributed by atoms with Gasteiger partial charge >= 0.3 is 0 Å². The zero-order valence-corrected chi connectivity index (χ0v) is 17.9. The zero-order chi connectivity index (χ0) is 22.1. The van der Waals surface area contributed by atoms with Gasteiger partial charge in [0.05, 0.1) is 11.4 Å². The molecular weight excluding hydrogens is 438 g/mol. The predicted octanol–water partition coefficient (Wildman–Crippen LogP) is 3.02. The van der Waals surface area contributed by atoms with Gasteiger partial charge in [0.2, 0.25) is 15.7 Å². The number of anilines is 1. The lowest BCUT2D eigenvalue weighted by molar-refractivity contribution is 0.0178. The normalized spacial score (nSPS) is 18.7. The summed E-state index contributed by atoms with van der Waals surface area (Å²) in [6.07, 6.45) is 0. The van der Waals surface area contributed by atoms with Crippen LogP contribution in [0.15, 0.2) is 88.8 Å². The lowest BCUT2D eigenvalue weighted by Crippen LogP contribution is -2.40. The molecule has 3 aromatic rings. The smallest absolute Gasteiger partial charge is 0.238 e. The van der Waals surface area contributed by atoms with E-state index in [0.717, 1.165) is 5.69 Å². The van der Waals surface area contributed by atoms with Crippen LogP contribution >= 0.6 is 11.6 Å². The fourth-order valence-electron chi connectivity index (χ4n) is 3.26. The highest BCUT2D eigenvalue weighted by Gasteiger charge is 2.39. The second-order valence-corrected chi connectivity index (χ2v) is 9.15. The van der Waals surface area contributed by atoms with Gasteiger partial charge in [-0.15, -0.1) is 0 Å². The van der Waals surface area contributed by atoms with E-state index in [2.05, 4.69) is 4.99 Å². The second kappa shape index (κ2) is 8.32. The maximum atomic E-state index is 11.6. The Morgan fingerprint density at radius 1 is 1.03 bits per heavy atom. The molecule has 3 aromatic carbocycles. The number of nitrogens with two attached hydrogens (primary N) is 1. The lowest BCUT2D eigenvalue weighted by Gasteiger charge is -2.24. The summed E-state index contributed by atoms with van der Waals surface area (Å²) in [5, 5.41) is 16.9. The molecule has 1 aliphatic heterocycles. The minimum atomic E-state index is -3.81. The monoisotopic (exact) mass is 457 g/mol. The first kappa shape index (κ1) is 21.3. The number of benzene rings is 3. The number of aliphatic imine (C=N–C) groups is 1. The molecule has 1 atom stereocenters. The summed E-state index contributed by atoms with van der Waals surface area (Å²) in [5.41, 5.74) is -0.115. The SMILES string of the molecule is NS(=O)(=O)c1ccc(C2=NC(O)(COc3ccccc3)CN2c2ccc(Cl)cc2)cc1. The van der Waals surface area contributed by atoms with Gasteiger partial charge in [-0.2, -0.15) is 0 Å². The molecule has 0 fully saturated rings.